The number of carbonyl (C=O) groups excluding carboxylic acids is 3. The second-order valence-corrected chi connectivity index (χ2v) is 19.1. The van der Waals surface area contributed by atoms with Crippen LogP contribution >= 0.6 is 0 Å². The zero-order valence-electron chi connectivity index (χ0n) is 46.0. The largest absolute Gasteiger partial charge is 0.545 e. The minimum atomic E-state index is -1.65. The number of hydrogen-bond donors (Lipinski definition) is 0. The summed E-state index contributed by atoms with van der Waals surface area (Å²) in [4.78, 5) is 37.2. The smallest absolute Gasteiger partial charge is 0.306 e. The molecule has 0 aliphatic rings. The van der Waals surface area contributed by atoms with Crippen LogP contribution in [0, 0.1) is 0 Å². The summed E-state index contributed by atoms with van der Waals surface area (Å²) in [5.41, 5.74) is 0. The summed E-state index contributed by atoms with van der Waals surface area (Å²) in [6.07, 6.45) is 72.1. The number of esters is 2. The first kappa shape index (κ1) is 67.4. The predicted molar refractivity (Wildman–Crippen MR) is 301 cm³/mol. The molecule has 0 saturated carbocycles. The predicted octanol–water partition coefficient (Wildman–Crippen LogP) is 14.9. The van der Waals surface area contributed by atoms with Gasteiger partial charge in [0, 0.05) is 12.8 Å². The van der Waals surface area contributed by atoms with Crippen LogP contribution in [0.4, 0.5) is 0 Å². The molecular formula is C63H101NO8. The molecular weight excluding hydrogens is 899 g/mol. The molecule has 0 fully saturated rings. The summed E-state index contributed by atoms with van der Waals surface area (Å²) in [6.45, 7) is 4.51. The Labute approximate surface area is 439 Å². The van der Waals surface area contributed by atoms with E-state index in [1.54, 1.807) is 0 Å². The lowest BCUT2D eigenvalue weighted by Crippen LogP contribution is -2.44. The molecule has 72 heavy (non-hydrogen) atoms. The fourth-order valence-corrected chi connectivity index (χ4v) is 6.86. The van der Waals surface area contributed by atoms with Crippen molar-refractivity contribution in [1.29, 1.82) is 0 Å². The first-order chi connectivity index (χ1) is 35.1. The van der Waals surface area contributed by atoms with Gasteiger partial charge >= 0.3 is 11.9 Å². The van der Waals surface area contributed by atoms with Crippen LogP contribution in [0.5, 0.6) is 0 Å². The van der Waals surface area contributed by atoms with E-state index in [9.17, 15) is 19.5 Å². The summed E-state index contributed by atoms with van der Waals surface area (Å²) < 4.78 is 22.6. The van der Waals surface area contributed by atoms with E-state index in [0.29, 0.717) is 30.3 Å². The molecule has 2 unspecified atom stereocenters. The van der Waals surface area contributed by atoms with Crippen LogP contribution in [-0.2, 0) is 33.3 Å². The number of allylic oxidation sites excluding steroid dienone is 22. The molecule has 0 amide bonds. The molecule has 406 valence electrons. The minimum absolute atomic E-state index is 0.127. The Kier molecular flexibility index (Phi) is 49.4. The van der Waals surface area contributed by atoms with Crippen LogP contribution in [0.2, 0.25) is 0 Å². The highest BCUT2D eigenvalue weighted by Crippen LogP contribution is 2.12. The molecule has 0 aliphatic heterocycles. The summed E-state index contributed by atoms with van der Waals surface area (Å²) in [7, 11) is 5.88. The maximum Gasteiger partial charge on any atom is 0.306 e. The number of carboxylic acid groups (broad SMARTS) is 1. The maximum absolute atomic E-state index is 12.8. The van der Waals surface area contributed by atoms with Crippen LogP contribution in [0.15, 0.2) is 134 Å². The van der Waals surface area contributed by atoms with Gasteiger partial charge in [-0.05, 0) is 109 Å². The first-order valence-corrected chi connectivity index (χ1v) is 27.8. The first-order valence-electron chi connectivity index (χ1n) is 27.8. The molecule has 0 N–H and O–H groups in total. The Morgan fingerprint density at radius 2 is 0.806 bits per heavy atom. The van der Waals surface area contributed by atoms with Gasteiger partial charge in [0.15, 0.2) is 12.4 Å². The molecule has 0 bridgehead atoms. The van der Waals surface area contributed by atoms with Crippen LogP contribution in [-0.4, -0.2) is 82.3 Å². The van der Waals surface area contributed by atoms with Gasteiger partial charge in [-0.15, -0.1) is 0 Å². The number of nitrogens with zero attached hydrogens (tertiary/aromatic N) is 1. The van der Waals surface area contributed by atoms with Gasteiger partial charge in [0.2, 0.25) is 0 Å². The van der Waals surface area contributed by atoms with E-state index >= 15 is 0 Å². The molecule has 2 atom stereocenters. The molecule has 0 saturated heterocycles. The van der Waals surface area contributed by atoms with Crippen molar-refractivity contribution in [3.63, 3.8) is 0 Å². The molecule has 0 aliphatic carbocycles. The SMILES string of the molecule is CC/C=C\C/C=C\C/C=C\C/C=C\C/C=C\C/C=C\C/C=C\C/C=C\C/C=C\CCCC(=O)OC(COC(=O)CCCCCCCCC/C=C\C/C=C\CCCCCC)COC(OCC[N+](C)(C)C)C(=O)[O-]. The van der Waals surface area contributed by atoms with Crippen LogP contribution < -0.4 is 5.11 Å². The van der Waals surface area contributed by atoms with E-state index in [-0.39, 0.29) is 38.6 Å². The normalized spacial score (nSPS) is 13.8. The minimum Gasteiger partial charge on any atom is -0.545 e. The number of carbonyl (C=O) groups is 3. The number of likely N-dealkylation sites (N-methyl/N-ethyl adjacent to an activating group) is 1. The standard InChI is InChI=1S/C63H101NO8/c1-6-8-10-12-14-16-18-20-22-24-26-27-28-29-30-31-32-33-34-35-36-38-40-42-44-46-48-50-52-54-61(66)72-59(58-71-63(62(67)68)69-56-55-64(3,4)5)57-70-60(65)53-51-49-47-45-43-41-39-37-25-23-21-19-17-15-13-11-9-7-2/h8,10,14,16-17,19-20,22-23,25-27,29-30,32-33,35-36,40,42,46,48,59,63H,6-7,9,11-13,15,18,21,24,28,31,34,37-39,41,43-45,47,49-58H2,1-5H3/b10-8-,16-14-,19-17-,22-20-,25-23-,27-26-,30-29-,33-32-,36-35-,42-40-,48-46-. The number of carboxylic acids is 1. The van der Waals surface area contributed by atoms with Gasteiger partial charge in [0.25, 0.3) is 0 Å². The number of ether oxygens (including phenoxy) is 4. The van der Waals surface area contributed by atoms with Crippen molar-refractivity contribution in [2.75, 3.05) is 47.5 Å². The Morgan fingerprint density at radius 1 is 0.431 bits per heavy atom. The molecule has 0 aromatic carbocycles. The summed E-state index contributed by atoms with van der Waals surface area (Å²) in [6, 6.07) is 0. The zero-order valence-corrected chi connectivity index (χ0v) is 46.0. The number of aliphatic carboxylic acids is 1. The number of hydrogen-bond acceptors (Lipinski definition) is 8. The Hall–Kier alpha value is -4.57. The second kappa shape index (κ2) is 52.7. The lowest BCUT2D eigenvalue weighted by atomic mass is 10.1. The van der Waals surface area contributed by atoms with E-state index in [0.717, 1.165) is 89.9 Å². The average molecular weight is 1000 g/mol. The van der Waals surface area contributed by atoms with Crippen LogP contribution in [0.25, 0.3) is 0 Å². The fourth-order valence-electron chi connectivity index (χ4n) is 6.86. The molecule has 0 aromatic rings. The van der Waals surface area contributed by atoms with Gasteiger partial charge < -0.3 is 33.3 Å². The molecule has 9 nitrogen and oxygen atoms in total. The van der Waals surface area contributed by atoms with Crippen molar-refractivity contribution in [3.05, 3.63) is 134 Å². The Morgan fingerprint density at radius 3 is 1.22 bits per heavy atom. The highest BCUT2D eigenvalue weighted by atomic mass is 16.7. The molecule has 0 radical (unpaired) electrons. The molecule has 9 heteroatoms. The third-order valence-corrected chi connectivity index (χ3v) is 11.1. The van der Waals surface area contributed by atoms with Crippen LogP contribution in [0.3, 0.4) is 0 Å². The monoisotopic (exact) mass is 1000 g/mol. The third kappa shape index (κ3) is 53.2. The highest BCUT2D eigenvalue weighted by Gasteiger charge is 2.21. The van der Waals surface area contributed by atoms with E-state index in [1.165, 1.54) is 51.4 Å². The quantitative estimate of drug-likeness (QED) is 0.0195. The maximum atomic E-state index is 12.8. The van der Waals surface area contributed by atoms with Gasteiger partial charge in [-0.25, -0.2) is 0 Å². The highest BCUT2D eigenvalue weighted by molar-refractivity contribution is 5.70. The topological polar surface area (TPSA) is 111 Å². The number of quaternary nitrogens is 1. The molecule has 0 heterocycles. The van der Waals surface area contributed by atoms with Crippen LogP contribution in [0.1, 0.15) is 187 Å². The third-order valence-electron chi connectivity index (χ3n) is 11.1. The van der Waals surface area contributed by atoms with Crippen molar-refractivity contribution < 1.29 is 42.9 Å². The Balaban J connectivity index is 4.45. The lowest BCUT2D eigenvalue weighted by Gasteiger charge is -2.26. The Bertz CT molecular complexity index is 1640. The van der Waals surface area contributed by atoms with Gasteiger partial charge in [-0.2, -0.15) is 0 Å². The summed E-state index contributed by atoms with van der Waals surface area (Å²) in [5.74, 6) is -2.39. The lowest BCUT2D eigenvalue weighted by molar-refractivity contribution is -0.870. The number of rotatable bonds is 49. The van der Waals surface area contributed by atoms with Crippen molar-refractivity contribution in [2.24, 2.45) is 0 Å². The van der Waals surface area contributed by atoms with Gasteiger partial charge in [-0.3, -0.25) is 9.59 Å². The molecule has 0 aromatic heterocycles. The molecule has 0 spiro atoms. The van der Waals surface area contributed by atoms with Gasteiger partial charge in [0.05, 0.1) is 40.3 Å². The zero-order chi connectivity index (χ0) is 52.7. The number of unbranched alkanes of at least 4 members (excludes halogenated alkanes) is 12. The second-order valence-electron chi connectivity index (χ2n) is 19.1. The van der Waals surface area contributed by atoms with E-state index in [4.69, 9.17) is 18.9 Å². The molecule has 0 rings (SSSR count). The van der Waals surface area contributed by atoms with Crippen molar-refractivity contribution in [3.8, 4) is 0 Å². The van der Waals surface area contributed by atoms with E-state index in [1.807, 2.05) is 27.2 Å². The van der Waals surface area contributed by atoms with E-state index in [2.05, 4.69) is 141 Å². The van der Waals surface area contributed by atoms with Crippen molar-refractivity contribution >= 4 is 17.9 Å². The summed E-state index contributed by atoms with van der Waals surface area (Å²) >= 11 is 0. The van der Waals surface area contributed by atoms with Gasteiger partial charge in [-0.1, -0.05) is 199 Å². The summed E-state index contributed by atoms with van der Waals surface area (Å²) in [5, 5.41) is 11.8. The van der Waals surface area contributed by atoms with Gasteiger partial charge in [0.1, 0.15) is 13.2 Å². The van der Waals surface area contributed by atoms with E-state index < -0.39 is 24.3 Å². The average Bonchev–Trinajstić information content (AvgIpc) is 3.35. The van der Waals surface area contributed by atoms with Crippen molar-refractivity contribution in [1.82, 2.24) is 0 Å². The van der Waals surface area contributed by atoms with Crippen molar-refractivity contribution in [2.45, 2.75) is 200 Å². The fraction of sp³-hybridized carbons (Fsp3) is 0.603.